The molecular formula is C11H13ClFNS. The van der Waals surface area contributed by atoms with Crippen LogP contribution in [-0.2, 0) is 5.75 Å². The normalized spacial score (nSPS) is 25.9. The first-order valence-electron chi connectivity index (χ1n) is 4.93. The topological polar surface area (TPSA) is 26.0 Å². The summed E-state index contributed by atoms with van der Waals surface area (Å²) in [5.74, 6) is 0.468. The van der Waals surface area contributed by atoms with Crippen LogP contribution in [0.2, 0.25) is 5.02 Å². The quantitative estimate of drug-likeness (QED) is 0.757. The average Bonchev–Trinajstić information content (AvgIpc) is 2.30. The van der Waals surface area contributed by atoms with E-state index in [0.717, 1.165) is 23.3 Å². The third-order valence-electron chi connectivity index (χ3n) is 2.69. The SMILES string of the molecule is CC1C[C@H](N)c2cc(Cl)c(F)cc2CS1. The molecule has 2 N–H and O–H groups in total. The Morgan fingerprint density at radius 3 is 3.00 bits per heavy atom. The molecule has 0 aliphatic carbocycles. The minimum Gasteiger partial charge on any atom is -0.324 e. The van der Waals surface area contributed by atoms with Gasteiger partial charge in [-0.3, -0.25) is 0 Å². The lowest BCUT2D eigenvalue weighted by Gasteiger charge is -2.14. The van der Waals surface area contributed by atoms with Crippen LogP contribution in [0.25, 0.3) is 0 Å². The van der Waals surface area contributed by atoms with Crippen molar-refractivity contribution in [3.8, 4) is 0 Å². The fraction of sp³-hybridized carbons (Fsp3) is 0.455. The molecule has 0 fully saturated rings. The molecule has 1 aromatic carbocycles. The molecular weight excluding hydrogens is 233 g/mol. The highest BCUT2D eigenvalue weighted by Gasteiger charge is 2.21. The lowest BCUT2D eigenvalue weighted by atomic mass is 9.98. The Hall–Kier alpha value is -0.250. The summed E-state index contributed by atoms with van der Waals surface area (Å²) in [6, 6.07) is 3.17. The molecule has 2 rings (SSSR count). The van der Waals surface area contributed by atoms with Crippen LogP contribution in [0.3, 0.4) is 0 Å². The summed E-state index contributed by atoms with van der Waals surface area (Å²) in [4.78, 5) is 0. The molecule has 1 aromatic rings. The second kappa shape index (κ2) is 4.32. The van der Waals surface area contributed by atoms with Crippen LogP contribution in [0.1, 0.15) is 30.5 Å². The van der Waals surface area contributed by atoms with E-state index >= 15 is 0 Å². The number of nitrogens with two attached hydrogens (primary N) is 1. The molecule has 82 valence electrons. The predicted octanol–water partition coefficient (Wildman–Crippen LogP) is 3.50. The van der Waals surface area contributed by atoms with Crippen LogP contribution >= 0.6 is 23.4 Å². The molecule has 0 aromatic heterocycles. The molecule has 4 heteroatoms. The van der Waals surface area contributed by atoms with E-state index in [1.54, 1.807) is 6.07 Å². The lowest BCUT2D eigenvalue weighted by molar-refractivity contribution is 0.618. The Labute approximate surface area is 98.2 Å². The van der Waals surface area contributed by atoms with Gasteiger partial charge in [0.2, 0.25) is 0 Å². The second-order valence-corrected chi connectivity index (χ2v) is 5.76. The van der Waals surface area contributed by atoms with E-state index in [1.165, 1.54) is 6.07 Å². The second-order valence-electron chi connectivity index (χ2n) is 3.93. The van der Waals surface area contributed by atoms with Gasteiger partial charge in [-0.2, -0.15) is 11.8 Å². The van der Waals surface area contributed by atoms with Crippen LogP contribution in [0.4, 0.5) is 4.39 Å². The molecule has 0 spiro atoms. The molecule has 0 bridgehead atoms. The maximum atomic E-state index is 13.3. The first-order chi connectivity index (χ1) is 7.08. The van der Waals surface area contributed by atoms with E-state index in [4.69, 9.17) is 17.3 Å². The zero-order valence-corrected chi connectivity index (χ0v) is 10.0. The van der Waals surface area contributed by atoms with Gasteiger partial charge in [0.1, 0.15) is 5.82 Å². The molecule has 15 heavy (non-hydrogen) atoms. The van der Waals surface area contributed by atoms with Crippen molar-refractivity contribution in [2.45, 2.75) is 30.4 Å². The molecule has 1 heterocycles. The van der Waals surface area contributed by atoms with Gasteiger partial charge in [-0.25, -0.2) is 4.39 Å². The molecule has 2 atom stereocenters. The highest BCUT2D eigenvalue weighted by Crippen LogP contribution is 2.35. The number of hydrogen-bond donors (Lipinski definition) is 1. The summed E-state index contributed by atoms with van der Waals surface area (Å²) in [6.07, 6.45) is 0.916. The van der Waals surface area contributed by atoms with E-state index in [0.29, 0.717) is 5.25 Å². The monoisotopic (exact) mass is 245 g/mol. The van der Waals surface area contributed by atoms with Crippen LogP contribution < -0.4 is 5.73 Å². The zero-order chi connectivity index (χ0) is 11.0. The van der Waals surface area contributed by atoms with E-state index in [2.05, 4.69) is 6.92 Å². The lowest BCUT2D eigenvalue weighted by Crippen LogP contribution is -2.14. The molecule has 1 unspecified atom stereocenters. The summed E-state index contributed by atoms with van der Waals surface area (Å²) < 4.78 is 13.3. The van der Waals surface area contributed by atoms with Gasteiger partial charge < -0.3 is 5.73 Å². The summed E-state index contributed by atoms with van der Waals surface area (Å²) >= 11 is 7.57. The molecule has 0 amide bonds. The third kappa shape index (κ3) is 2.30. The number of fused-ring (bicyclic) bond motifs is 1. The average molecular weight is 246 g/mol. The van der Waals surface area contributed by atoms with Crippen molar-refractivity contribution in [2.24, 2.45) is 5.73 Å². The van der Waals surface area contributed by atoms with E-state index in [1.807, 2.05) is 11.8 Å². The van der Waals surface area contributed by atoms with Gasteiger partial charge in [0.15, 0.2) is 0 Å². The fourth-order valence-electron chi connectivity index (χ4n) is 1.86. The molecule has 1 nitrogen and oxygen atoms in total. The fourth-order valence-corrected chi connectivity index (χ4v) is 3.09. The summed E-state index contributed by atoms with van der Waals surface area (Å²) in [6.45, 7) is 2.15. The number of thioether (sulfide) groups is 1. The van der Waals surface area contributed by atoms with Crippen molar-refractivity contribution >= 4 is 23.4 Å². The molecule has 0 radical (unpaired) electrons. The van der Waals surface area contributed by atoms with Gasteiger partial charge in [0.25, 0.3) is 0 Å². The van der Waals surface area contributed by atoms with Crippen LogP contribution in [0, 0.1) is 5.82 Å². The number of halogens is 2. The van der Waals surface area contributed by atoms with Gasteiger partial charge in [-0.1, -0.05) is 18.5 Å². The van der Waals surface area contributed by atoms with Gasteiger partial charge in [-0.15, -0.1) is 0 Å². The standard InChI is InChI=1S/C11H13ClFNS/c1-6-2-11(14)8-4-9(12)10(13)3-7(8)5-15-6/h3-4,6,11H,2,5,14H2,1H3/t6?,11-/m0/s1. The first kappa shape index (κ1) is 11.2. The Bertz CT molecular complexity index is 383. The van der Waals surface area contributed by atoms with Crippen LogP contribution in [0.15, 0.2) is 12.1 Å². The largest absolute Gasteiger partial charge is 0.324 e. The molecule has 1 aliphatic rings. The van der Waals surface area contributed by atoms with Crippen molar-refractivity contribution in [2.75, 3.05) is 0 Å². The predicted molar refractivity (Wildman–Crippen MR) is 63.7 cm³/mol. The minimum atomic E-state index is -0.349. The highest BCUT2D eigenvalue weighted by molar-refractivity contribution is 7.99. The van der Waals surface area contributed by atoms with Crippen LogP contribution in [0.5, 0.6) is 0 Å². The van der Waals surface area contributed by atoms with Gasteiger partial charge in [0.05, 0.1) is 5.02 Å². The summed E-state index contributed by atoms with van der Waals surface area (Å²) in [5, 5.41) is 0.679. The minimum absolute atomic E-state index is 0.0249. The third-order valence-corrected chi connectivity index (χ3v) is 4.22. The summed E-state index contributed by atoms with van der Waals surface area (Å²) in [5.41, 5.74) is 8.04. The first-order valence-corrected chi connectivity index (χ1v) is 6.35. The van der Waals surface area contributed by atoms with Crippen LogP contribution in [-0.4, -0.2) is 5.25 Å². The Morgan fingerprint density at radius 2 is 2.27 bits per heavy atom. The Kier molecular flexibility index (Phi) is 3.24. The van der Waals surface area contributed by atoms with Gasteiger partial charge in [-0.05, 0) is 29.7 Å². The van der Waals surface area contributed by atoms with Crippen molar-refractivity contribution in [1.82, 2.24) is 0 Å². The summed E-state index contributed by atoms with van der Waals surface area (Å²) in [7, 11) is 0. The maximum absolute atomic E-state index is 13.3. The number of rotatable bonds is 0. The maximum Gasteiger partial charge on any atom is 0.142 e. The van der Waals surface area contributed by atoms with Gasteiger partial charge in [0, 0.05) is 17.0 Å². The number of benzene rings is 1. The van der Waals surface area contributed by atoms with Gasteiger partial charge >= 0.3 is 0 Å². The zero-order valence-electron chi connectivity index (χ0n) is 8.47. The number of hydrogen-bond acceptors (Lipinski definition) is 2. The Balaban J connectivity index is 2.45. The van der Waals surface area contributed by atoms with Crippen molar-refractivity contribution in [1.29, 1.82) is 0 Å². The van der Waals surface area contributed by atoms with Crippen molar-refractivity contribution in [3.63, 3.8) is 0 Å². The smallest absolute Gasteiger partial charge is 0.142 e. The molecule has 1 aliphatic heterocycles. The Morgan fingerprint density at radius 1 is 1.53 bits per heavy atom. The molecule has 0 saturated heterocycles. The van der Waals surface area contributed by atoms with E-state index in [9.17, 15) is 4.39 Å². The van der Waals surface area contributed by atoms with Crippen molar-refractivity contribution < 1.29 is 4.39 Å². The van der Waals surface area contributed by atoms with Crippen molar-refractivity contribution in [3.05, 3.63) is 34.1 Å². The van der Waals surface area contributed by atoms with E-state index in [-0.39, 0.29) is 16.9 Å². The molecule has 0 saturated carbocycles. The van der Waals surface area contributed by atoms with E-state index < -0.39 is 0 Å². The highest BCUT2D eigenvalue weighted by atomic mass is 35.5.